The van der Waals surface area contributed by atoms with Crippen LogP contribution in [0.15, 0.2) is 48.5 Å². The molecule has 1 atom stereocenters. The highest BCUT2D eigenvalue weighted by Gasteiger charge is 2.25. The van der Waals surface area contributed by atoms with Gasteiger partial charge in [0.1, 0.15) is 11.6 Å². The van der Waals surface area contributed by atoms with Crippen LogP contribution in [0, 0.1) is 5.82 Å². The van der Waals surface area contributed by atoms with Crippen LogP contribution in [0.2, 0.25) is 0 Å². The van der Waals surface area contributed by atoms with Gasteiger partial charge in [-0.15, -0.1) is 0 Å². The number of nitrogens with zero attached hydrogens (tertiary/aromatic N) is 3. The van der Waals surface area contributed by atoms with E-state index in [9.17, 15) is 9.18 Å². The van der Waals surface area contributed by atoms with Crippen molar-refractivity contribution in [2.75, 3.05) is 19.6 Å². The van der Waals surface area contributed by atoms with E-state index in [1.807, 2.05) is 24.3 Å². The van der Waals surface area contributed by atoms with Crippen LogP contribution in [0.5, 0.6) is 0 Å². The van der Waals surface area contributed by atoms with Gasteiger partial charge in [-0.3, -0.25) is 10.0 Å². The highest BCUT2D eigenvalue weighted by molar-refractivity contribution is 5.92. The molecule has 2 N–H and O–H groups in total. The fraction of sp³-hybridized carbons (Fsp3) is 0.304. The molecule has 1 saturated heterocycles. The summed E-state index contributed by atoms with van der Waals surface area (Å²) in [5.74, 6) is -0.131. The molecule has 1 aliphatic rings. The van der Waals surface area contributed by atoms with Crippen molar-refractivity contribution in [1.82, 2.24) is 19.9 Å². The normalized spacial score (nSPS) is 17.6. The number of piperidine rings is 1. The fourth-order valence-corrected chi connectivity index (χ4v) is 4.16. The molecule has 1 fully saturated rings. The molecule has 0 saturated carbocycles. The summed E-state index contributed by atoms with van der Waals surface area (Å²) >= 11 is 0. The Morgan fingerprint density at radius 2 is 2.20 bits per heavy atom. The van der Waals surface area contributed by atoms with Crippen molar-refractivity contribution in [3.8, 4) is 11.4 Å². The number of carbonyl (C=O) groups is 1. The second-order valence-corrected chi connectivity index (χ2v) is 7.56. The minimum absolute atomic E-state index is 0.253. The Morgan fingerprint density at radius 1 is 1.33 bits per heavy atom. The Balaban J connectivity index is 1.82. The summed E-state index contributed by atoms with van der Waals surface area (Å²) < 4.78 is 16.2. The molecule has 0 spiro atoms. The van der Waals surface area contributed by atoms with Crippen LogP contribution < -0.4 is 5.48 Å². The number of imidazole rings is 1. The average Bonchev–Trinajstić information content (AvgIpc) is 3.16. The number of aromatic nitrogens is 2. The van der Waals surface area contributed by atoms with Crippen molar-refractivity contribution in [1.29, 1.82) is 0 Å². The molecule has 4 rings (SSSR count). The second kappa shape index (κ2) is 8.77. The second-order valence-electron chi connectivity index (χ2n) is 7.56. The van der Waals surface area contributed by atoms with Crippen molar-refractivity contribution in [2.24, 2.45) is 0 Å². The molecule has 0 unspecified atom stereocenters. The molecule has 30 heavy (non-hydrogen) atoms. The van der Waals surface area contributed by atoms with E-state index >= 15 is 0 Å². The number of hydrogen-bond donors (Lipinski definition) is 2. The number of hydrogen-bond acceptors (Lipinski definition) is 4. The van der Waals surface area contributed by atoms with Crippen LogP contribution in [0.4, 0.5) is 4.39 Å². The Morgan fingerprint density at radius 3 is 2.97 bits per heavy atom. The zero-order valence-electron chi connectivity index (χ0n) is 16.9. The van der Waals surface area contributed by atoms with E-state index in [1.54, 1.807) is 17.6 Å². The van der Waals surface area contributed by atoms with Gasteiger partial charge in [-0.05, 0) is 61.8 Å². The lowest BCUT2D eigenvalue weighted by Gasteiger charge is -2.33. The summed E-state index contributed by atoms with van der Waals surface area (Å²) in [6, 6.07) is 12.6. The molecule has 2 aromatic carbocycles. The number of rotatable bonds is 5. The lowest BCUT2D eigenvalue weighted by Crippen LogP contribution is -2.36. The van der Waals surface area contributed by atoms with Crippen LogP contribution in [-0.4, -0.2) is 45.2 Å². The van der Waals surface area contributed by atoms with Gasteiger partial charge in [0.2, 0.25) is 0 Å². The van der Waals surface area contributed by atoms with Gasteiger partial charge < -0.3 is 9.47 Å². The number of hydroxylamine groups is 1. The number of nitrogens with one attached hydrogen (secondary N) is 1. The van der Waals surface area contributed by atoms with Crippen molar-refractivity contribution in [2.45, 2.75) is 25.8 Å². The maximum Gasteiger partial charge on any atom is 0.267 e. The lowest BCUT2D eigenvalue weighted by atomic mass is 10.0. The molecule has 1 aromatic heterocycles. The van der Waals surface area contributed by atoms with Gasteiger partial charge in [-0.2, -0.15) is 0 Å². The highest BCUT2D eigenvalue weighted by atomic mass is 19.1. The number of carbonyl (C=O) groups excluding carboxylic acids is 1. The Kier molecular flexibility index (Phi) is 5.92. The molecule has 1 aliphatic heterocycles. The van der Waals surface area contributed by atoms with E-state index in [1.165, 1.54) is 18.2 Å². The third kappa shape index (κ3) is 4.13. The summed E-state index contributed by atoms with van der Waals surface area (Å²) in [5.41, 5.74) is 4.89. The van der Waals surface area contributed by atoms with Gasteiger partial charge >= 0.3 is 0 Å². The first-order valence-electron chi connectivity index (χ1n) is 10.2. The lowest BCUT2D eigenvalue weighted by molar-refractivity contribution is -0.124. The molecule has 3 aromatic rings. The van der Waals surface area contributed by atoms with Gasteiger partial charge in [0, 0.05) is 24.2 Å². The maximum absolute atomic E-state index is 14.0. The van der Waals surface area contributed by atoms with Gasteiger partial charge in [-0.25, -0.2) is 14.9 Å². The first-order valence-corrected chi connectivity index (χ1v) is 10.2. The molecule has 156 valence electrons. The maximum atomic E-state index is 14.0. The van der Waals surface area contributed by atoms with E-state index in [-0.39, 0.29) is 11.9 Å². The van der Waals surface area contributed by atoms with E-state index in [0.717, 1.165) is 60.5 Å². The van der Waals surface area contributed by atoms with Crippen molar-refractivity contribution in [3.05, 3.63) is 59.9 Å². The standard InChI is InChI=1S/C23H25FN4O2/c1-2-27-12-4-7-19(15-27)28-21-10-8-16(9-11-22(29)26-30)13-20(21)25-23(28)17-5-3-6-18(24)14-17/h3,5-6,8-11,13-14,19,30H,2,4,7,12,15H2,1H3,(H,26,29)/b11-9+/t19-/m1/s1. The van der Waals surface area contributed by atoms with Gasteiger partial charge in [0.25, 0.3) is 5.91 Å². The number of fused-ring (bicyclic) bond motifs is 1. The molecule has 0 radical (unpaired) electrons. The zero-order chi connectivity index (χ0) is 21.1. The molecule has 7 heteroatoms. The van der Waals surface area contributed by atoms with E-state index in [2.05, 4.69) is 16.4 Å². The van der Waals surface area contributed by atoms with Crippen LogP contribution in [0.1, 0.15) is 31.4 Å². The van der Waals surface area contributed by atoms with Gasteiger partial charge in [-0.1, -0.05) is 25.1 Å². The number of likely N-dealkylation sites (tertiary alicyclic amines) is 1. The highest BCUT2D eigenvalue weighted by Crippen LogP contribution is 2.33. The predicted octanol–water partition coefficient (Wildman–Crippen LogP) is 4.02. The number of benzene rings is 2. The monoisotopic (exact) mass is 408 g/mol. The van der Waals surface area contributed by atoms with Crippen molar-refractivity contribution >= 4 is 23.0 Å². The van der Waals surface area contributed by atoms with E-state index < -0.39 is 5.91 Å². The van der Waals surface area contributed by atoms with Gasteiger partial charge in [0.15, 0.2) is 0 Å². The fourth-order valence-electron chi connectivity index (χ4n) is 4.16. The predicted molar refractivity (Wildman–Crippen MR) is 114 cm³/mol. The summed E-state index contributed by atoms with van der Waals surface area (Å²) in [7, 11) is 0. The molecule has 2 heterocycles. The van der Waals surface area contributed by atoms with Crippen LogP contribution in [0.3, 0.4) is 0 Å². The van der Waals surface area contributed by atoms with Crippen LogP contribution in [0.25, 0.3) is 28.5 Å². The molecule has 6 nitrogen and oxygen atoms in total. The third-order valence-corrected chi connectivity index (χ3v) is 5.63. The molecule has 0 bridgehead atoms. The number of amides is 1. The van der Waals surface area contributed by atoms with Crippen molar-refractivity contribution < 1.29 is 14.4 Å². The first-order chi connectivity index (χ1) is 14.6. The van der Waals surface area contributed by atoms with Crippen LogP contribution >= 0.6 is 0 Å². The molecular weight excluding hydrogens is 383 g/mol. The largest absolute Gasteiger partial charge is 0.320 e. The summed E-state index contributed by atoms with van der Waals surface area (Å²) in [5, 5.41) is 8.66. The van der Waals surface area contributed by atoms with E-state index in [4.69, 9.17) is 10.2 Å². The Hall–Kier alpha value is -3.03. The average molecular weight is 408 g/mol. The molecule has 0 aliphatic carbocycles. The summed E-state index contributed by atoms with van der Waals surface area (Å²) in [6.45, 7) is 5.20. The molecule has 1 amide bonds. The SMILES string of the molecule is CCN1CCC[C@@H](n2c(-c3cccc(F)c3)nc3cc(/C=C/C(=O)NO)ccc32)C1. The molecular formula is C23H25FN4O2. The minimum Gasteiger partial charge on any atom is -0.320 e. The zero-order valence-corrected chi connectivity index (χ0v) is 16.9. The number of likely N-dealkylation sites (N-methyl/N-ethyl adjacent to an activating group) is 1. The van der Waals surface area contributed by atoms with Crippen molar-refractivity contribution in [3.63, 3.8) is 0 Å². The third-order valence-electron chi connectivity index (χ3n) is 5.63. The first kappa shape index (κ1) is 20.3. The minimum atomic E-state index is -0.595. The van der Waals surface area contributed by atoms with Gasteiger partial charge in [0.05, 0.1) is 11.0 Å². The quantitative estimate of drug-likeness (QED) is 0.380. The topological polar surface area (TPSA) is 70.4 Å². The van der Waals surface area contributed by atoms with E-state index in [0.29, 0.717) is 0 Å². The summed E-state index contributed by atoms with van der Waals surface area (Å²) in [6.07, 6.45) is 5.03. The Bertz CT molecular complexity index is 1090. The Labute approximate surface area is 174 Å². The number of halogens is 1. The summed E-state index contributed by atoms with van der Waals surface area (Å²) in [4.78, 5) is 18.6. The smallest absolute Gasteiger partial charge is 0.267 e. The van der Waals surface area contributed by atoms with Crippen LogP contribution in [-0.2, 0) is 4.79 Å².